The van der Waals surface area contributed by atoms with Crippen LogP contribution in [-0.4, -0.2) is 0 Å². The zero-order valence-electron chi connectivity index (χ0n) is 9.85. The quantitative estimate of drug-likeness (QED) is 0.472. The van der Waals surface area contributed by atoms with E-state index in [1.165, 1.54) is 6.07 Å². The van der Waals surface area contributed by atoms with Gasteiger partial charge in [-0.05, 0) is 53.9 Å². The highest BCUT2D eigenvalue weighted by atomic mass is 79.9. The summed E-state index contributed by atoms with van der Waals surface area (Å²) in [4.78, 5) is 0. The van der Waals surface area contributed by atoms with Gasteiger partial charge in [0.2, 0.25) is 0 Å². The van der Waals surface area contributed by atoms with Crippen LogP contribution in [0.2, 0.25) is 5.02 Å². The summed E-state index contributed by atoms with van der Waals surface area (Å²) in [5.41, 5.74) is 2.11. The van der Waals surface area contributed by atoms with Gasteiger partial charge in [0.25, 0.3) is 0 Å². The Kier molecular flexibility index (Phi) is 4.93. The Balaban J connectivity index is 2.49. The van der Waals surface area contributed by atoms with Crippen molar-refractivity contribution < 1.29 is 4.39 Å². The molecule has 0 aliphatic heterocycles. The third kappa shape index (κ3) is 3.52. The number of benzene rings is 2. The van der Waals surface area contributed by atoms with E-state index in [2.05, 4.69) is 31.9 Å². The average molecular weight is 427 g/mol. The highest BCUT2D eigenvalue weighted by molar-refractivity contribution is 9.11. The van der Waals surface area contributed by atoms with Crippen LogP contribution >= 0.6 is 55.1 Å². The van der Waals surface area contributed by atoms with Crippen LogP contribution in [0, 0.1) is 12.7 Å². The van der Waals surface area contributed by atoms with Gasteiger partial charge in [0.05, 0.1) is 5.38 Å². The summed E-state index contributed by atoms with van der Waals surface area (Å²) < 4.78 is 15.2. The smallest absolute Gasteiger partial charge is 0.127 e. The van der Waals surface area contributed by atoms with Gasteiger partial charge in [-0.15, -0.1) is 11.6 Å². The van der Waals surface area contributed by atoms with Gasteiger partial charge < -0.3 is 0 Å². The van der Waals surface area contributed by atoms with Gasteiger partial charge in [-0.25, -0.2) is 4.39 Å². The number of rotatable bonds is 2. The summed E-state index contributed by atoms with van der Waals surface area (Å²) in [5, 5.41) is -0.0974. The highest BCUT2D eigenvalue weighted by Crippen LogP contribution is 2.37. The highest BCUT2D eigenvalue weighted by Gasteiger charge is 2.17. The van der Waals surface area contributed by atoms with Gasteiger partial charge in [0, 0.05) is 14.0 Å². The molecule has 2 rings (SSSR count). The average Bonchev–Trinajstić information content (AvgIpc) is 2.31. The van der Waals surface area contributed by atoms with Crippen LogP contribution in [0.25, 0.3) is 0 Å². The van der Waals surface area contributed by atoms with Gasteiger partial charge in [-0.1, -0.05) is 43.5 Å². The standard InChI is InChI=1S/C14H9Br2Cl2F/c1-7-2-11(12(17)6-13(7)19)14(18)8-3-9(15)5-10(16)4-8/h2-6,14H,1H3. The number of aryl methyl sites for hydroxylation is 1. The monoisotopic (exact) mass is 424 g/mol. The summed E-state index contributed by atoms with van der Waals surface area (Å²) in [7, 11) is 0. The second-order valence-electron chi connectivity index (χ2n) is 4.19. The van der Waals surface area contributed by atoms with E-state index in [0.29, 0.717) is 16.1 Å². The van der Waals surface area contributed by atoms with Crippen LogP contribution in [0.4, 0.5) is 4.39 Å². The minimum Gasteiger partial charge on any atom is -0.207 e. The Morgan fingerprint density at radius 1 is 1.05 bits per heavy atom. The van der Waals surface area contributed by atoms with E-state index >= 15 is 0 Å². The molecule has 5 heteroatoms. The lowest BCUT2D eigenvalue weighted by molar-refractivity contribution is 0.618. The van der Waals surface area contributed by atoms with Crippen molar-refractivity contribution in [2.45, 2.75) is 12.3 Å². The molecule has 1 atom stereocenters. The minimum atomic E-state index is -0.430. The Hall–Kier alpha value is -0.0900. The molecule has 19 heavy (non-hydrogen) atoms. The fourth-order valence-electron chi connectivity index (χ4n) is 1.77. The van der Waals surface area contributed by atoms with Crippen LogP contribution in [-0.2, 0) is 0 Å². The first-order chi connectivity index (χ1) is 8.88. The molecule has 100 valence electrons. The van der Waals surface area contributed by atoms with Crippen molar-refractivity contribution >= 4 is 55.1 Å². The first-order valence-corrected chi connectivity index (χ1v) is 7.84. The fraction of sp³-hybridized carbons (Fsp3) is 0.143. The molecule has 0 aliphatic rings. The molecule has 0 fully saturated rings. The molecule has 0 amide bonds. The first-order valence-electron chi connectivity index (χ1n) is 5.44. The maximum Gasteiger partial charge on any atom is 0.127 e. The van der Waals surface area contributed by atoms with Gasteiger partial charge in [0.1, 0.15) is 5.82 Å². The van der Waals surface area contributed by atoms with Gasteiger partial charge in [0.15, 0.2) is 0 Å². The summed E-state index contributed by atoms with van der Waals surface area (Å²) >= 11 is 19.4. The Bertz CT molecular complexity index is 609. The SMILES string of the molecule is Cc1cc(C(Cl)c2cc(Br)cc(Br)c2)c(Cl)cc1F. The van der Waals surface area contributed by atoms with Crippen LogP contribution in [0.5, 0.6) is 0 Å². The lowest BCUT2D eigenvalue weighted by Gasteiger charge is -2.14. The molecule has 0 saturated heterocycles. The van der Waals surface area contributed by atoms with E-state index in [0.717, 1.165) is 14.5 Å². The number of halogens is 5. The Morgan fingerprint density at radius 2 is 1.63 bits per heavy atom. The van der Waals surface area contributed by atoms with Gasteiger partial charge in [-0.2, -0.15) is 0 Å². The number of hydrogen-bond donors (Lipinski definition) is 0. The molecule has 0 radical (unpaired) electrons. The molecule has 2 aromatic rings. The van der Waals surface area contributed by atoms with Crippen LogP contribution in [0.15, 0.2) is 39.3 Å². The summed E-state index contributed by atoms with van der Waals surface area (Å²) in [6.45, 7) is 1.69. The van der Waals surface area contributed by atoms with Crippen LogP contribution in [0.3, 0.4) is 0 Å². The maximum absolute atomic E-state index is 13.4. The van der Waals surface area contributed by atoms with Crippen molar-refractivity contribution in [1.82, 2.24) is 0 Å². The summed E-state index contributed by atoms with van der Waals surface area (Å²) in [6, 6.07) is 8.73. The second kappa shape index (κ2) is 6.13. The molecule has 2 aromatic carbocycles. The zero-order valence-corrected chi connectivity index (χ0v) is 14.5. The fourth-order valence-corrected chi connectivity index (χ4v) is 3.73. The topological polar surface area (TPSA) is 0 Å². The van der Waals surface area contributed by atoms with Crippen molar-refractivity contribution in [2.75, 3.05) is 0 Å². The van der Waals surface area contributed by atoms with Crippen molar-refractivity contribution in [2.24, 2.45) is 0 Å². The molecule has 0 aliphatic carbocycles. The molecule has 1 unspecified atom stereocenters. The van der Waals surface area contributed by atoms with Crippen molar-refractivity contribution in [1.29, 1.82) is 0 Å². The lowest BCUT2D eigenvalue weighted by atomic mass is 10.0. The number of alkyl halides is 1. The van der Waals surface area contributed by atoms with Crippen molar-refractivity contribution in [3.8, 4) is 0 Å². The predicted octanol–water partition coefficient (Wildman–Crippen LogP) is 6.64. The molecular weight excluding hydrogens is 418 g/mol. The van der Waals surface area contributed by atoms with Crippen molar-refractivity contribution in [3.05, 3.63) is 66.8 Å². The van der Waals surface area contributed by atoms with E-state index in [-0.39, 0.29) is 5.82 Å². The minimum absolute atomic E-state index is 0.326. The molecule has 0 bridgehead atoms. The normalized spacial score (nSPS) is 12.5. The van der Waals surface area contributed by atoms with E-state index < -0.39 is 5.38 Å². The third-order valence-corrected chi connectivity index (χ3v) is 4.46. The van der Waals surface area contributed by atoms with Crippen LogP contribution in [0.1, 0.15) is 22.1 Å². The molecule has 0 nitrogen and oxygen atoms in total. The first kappa shape index (κ1) is 15.3. The van der Waals surface area contributed by atoms with E-state index in [4.69, 9.17) is 23.2 Å². The predicted molar refractivity (Wildman–Crippen MR) is 85.7 cm³/mol. The maximum atomic E-state index is 13.4. The second-order valence-corrected chi connectivity index (χ2v) is 6.86. The molecule has 0 heterocycles. The molecule has 0 saturated carbocycles. The third-order valence-electron chi connectivity index (χ3n) is 2.73. The van der Waals surface area contributed by atoms with Gasteiger partial charge in [-0.3, -0.25) is 0 Å². The van der Waals surface area contributed by atoms with Crippen molar-refractivity contribution in [3.63, 3.8) is 0 Å². The summed E-state index contributed by atoms with van der Waals surface area (Å²) in [6.07, 6.45) is 0. The zero-order chi connectivity index (χ0) is 14.2. The van der Waals surface area contributed by atoms with E-state index in [9.17, 15) is 4.39 Å². The molecular formula is C14H9Br2Cl2F. The molecule has 0 N–H and O–H groups in total. The Labute approximate surface area is 138 Å². The summed E-state index contributed by atoms with van der Waals surface area (Å²) in [5.74, 6) is -0.326. The van der Waals surface area contributed by atoms with E-state index in [1.54, 1.807) is 13.0 Å². The van der Waals surface area contributed by atoms with Crippen LogP contribution < -0.4 is 0 Å². The molecule has 0 spiro atoms. The Morgan fingerprint density at radius 3 is 2.21 bits per heavy atom. The largest absolute Gasteiger partial charge is 0.207 e. The molecule has 0 aromatic heterocycles. The lowest BCUT2D eigenvalue weighted by Crippen LogP contribution is -1.97. The van der Waals surface area contributed by atoms with Gasteiger partial charge >= 0.3 is 0 Å². The number of hydrogen-bond acceptors (Lipinski definition) is 0. The van der Waals surface area contributed by atoms with E-state index in [1.807, 2.05) is 18.2 Å².